The molecular weight excluding hydrogens is 541 g/mol. The number of benzene rings is 3. The molecule has 0 bridgehead atoms. The number of anilines is 1. The van der Waals surface area contributed by atoms with E-state index in [9.17, 15) is 22.4 Å². The van der Waals surface area contributed by atoms with Crippen molar-refractivity contribution >= 4 is 27.5 Å². The molecule has 0 spiro atoms. The molecule has 9 heteroatoms. The Morgan fingerprint density at radius 2 is 1.61 bits per heavy atom. The number of nitrogens with one attached hydrogen (secondary N) is 1. The van der Waals surface area contributed by atoms with Crippen molar-refractivity contribution in [2.45, 2.75) is 64.6 Å². The highest BCUT2D eigenvalue weighted by molar-refractivity contribution is 7.92. The van der Waals surface area contributed by atoms with Crippen molar-refractivity contribution in [1.82, 2.24) is 10.2 Å². The van der Waals surface area contributed by atoms with Crippen LogP contribution in [0, 0.1) is 19.7 Å². The molecule has 218 valence electrons. The van der Waals surface area contributed by atoms with E-state index in [-0.39, 0.29) is 30.5 Å². The van der Waals surface area contributed by atoms with Crippen molar-refractivity contribution in [2.24, 2.45) is 0 Å². The molecule has 1 fully saturated rings. The van der Waals surface area contributed by atoms with Gasteiger partial charge >= 0.3 is 0 Å². The average molecular weight is 580 g/mol. The largest absolute Gasteiger partial charge is 0.352 e. The fourth-order valence-electron chi connectivity index (χ4n) is 5.33. The highest BCUT2D eigenvalue weighted by Gasteiger charge is 2.35. The van der Waals surface area contributed by atoms with Crippen LogP contribution in [0.1, 0.15) is 47.9 Å². The summed E-state index contributed by atoms with van der Waals surface area (Å²) in [4.78, 5) is 29.4. The van der Waals surface area contributed by atoms with E-state index < -0.39 is 34.3 Å². The van der Waals surface area contributed by atoms with Crippen molar-refractivity contribution in [3.8, 4) is 0 Å². The summed E-state index contributed by atoms with van der Waals surface area (Å²) < 4.78 is 42.0. The zero-order valence-electron chi connectivity index (χ0n) is 23.8. The number of halogens is 1. The van der Waals surface area contributed by atoms with Gasteiger partial charge in [-0.2, -0.15) is 0 Å². The van der Waals surface area contributed by atoms with Crippen LogP contribution in [0.4, 0.5) is 10.1 Å². The van der Waals surface area contributed by atoms with Gasteiger partial charge in [0, 0.05) is 24.6 Å². The van der Waals surface area contributed by atoms with Crippen LogP contribution >= 0.6 is 0 Å². The molecule has 7 nitrogen and oxygen atoms in total. The quantitative estimate of drug-likeness (QED) is 0.350. The topological polar surface area (TPSA) is 86.8 Å². The van der Waals surface area contributed by atoms with Crippen molar-refractivity contribution in [3.05, 3.63) is 101 Å². The summed E-state index contributed by atoms with van der Waals surface area (Å²) in [5.41, 5.74) is 3.07. The van der Waals surface area contributed by atoms with E-state index in [1.807, 2.05) is 43.3 Å². The first-order chi connectivity index (χ1) is 19.5. The Balaban J connectivity index is 1.75. The Morgan fingerprint density at radius 1 is 0.951 bits per heavy atom. The minimum atomic E-state index is -3.88. The summed E-state index contributed by atoms with van der Waals surface area (Å²) in [6.45, 7) is 2.96. The predicted molar refractivity (Wildman–Crippen MR) is 159 cm³/mol. The van der Waals surface area contributed by atoms with Gasteiger partial charge in [0.2, 0.25) is 21.8 Å². The number of amides is 2. The van der Waals surface area contributed by atoms with Gasteiger partial charge in [-0.1, -0.05) is 73.5 Å². The van der Waals surface area contributed by atoms with Gasteiger partial charge in [-0.05, 0) is 55.5 Å². The van der Waals surface area contributed by atoms with Crippen molar-refractivity contribution in [1.29, 1.82) is 0 Å². The summed E-state index contributed by atoms with van der Waals surface area (Å²) in [5.74, 6) is -1.43. The molecule has 41 heavy (non-hydrogen) atoms. The monoisotopic (exact) mass is 579 g/mol. The summed E-state index contributed by atoms with van der Waals surface area (Å²) in [6, 6.07) is 19.7. The number of sulfonamides is 1. The second-order valence-corrected chi connectivity index (χ2v) is 12.7. The molecule has 0 saturated heterocycles. The molecule has 0 unspecified atom stereocenters. The SMILES string of the molecule is Cc1cccc(N(CC(=O)N(Cc2ccccc2F)[C@@H](Cc2ccccc2)C(=O)NC2CCCC2)S(C)(=O)=O)c1C. The molecule has 1 saturated carbocycles. The normalized spacial score (nSPS) is 14.4. The lowest BCUT2D eigenvalue weighted by atomic mass is 10.0. The Morgan fingerprint density at radius 3 is 2.27 bits per heavy atom. The molecule has 0 radical (unpaired) electrons. The number of carbonyl (C=O) groups is 2. The molecule has 3 aromatic carbocycles. The molecule has 2 amide bonds. The Kier molecular flexibility index (Phi) is 9.81. The first kappa shape index (κ1) is 30.2. The summed E-state index contributed by atoms with van der Waals surface area (Å²) in [5, 5.41) is 3.11. The van der Waals surface area contributed by atoms with E-state index in [4.69, 9.17) is 0 Å². The molecule has 4 rings (SSSR count). The minimum Gasteiger partial charge on any atom is -0.352 e. The third-order valence-electron chi connectivity index (χ3n) is 7.80. The number of aryl methyl sites for hydroxylation is 1. The lowest BCUT2D eigenvalue weighted by molar-refractivity contribution is -0.140. The van der Waals surface area contributed by atoms with Gasteiger partial charge in [-0.15, -0.1) is 0 Å². The zero-order chi connectivity index (χ0) is 29.6. The van der Waals surface area contributed by atoms with Gasteiger partial charge < -0.3 is 10.2 Å². The van der Waals surface area contributed by atoms with E-state index in [1.54, 1.807) is 37.3 Å². The first-order valence-corrected chi connectivity index (χ1v) is 15.8. The van der Waals surface area contributed by atoms with Crippen LogP contribution in [-0.4, -0.2) is 50.0 Å². The van der Waals surface area contributed by atoms with Crippen LogP contribution < -0.4 is 9.62 Å². The third kappa shape index (κ3) is 7.73. The molecule has 1 aliphatic rings. The van der Waals surface area contributed by atoms with Crippen molar-refractivity contribution in [2.75, 3.05) is 17.1 Å². The highest BCUT2D eigenvalue weighted by Crippen LogP contribution is 2.26. The summed E-state index contributed by atoms with van der Waals surface area (Å²) in [6.07, 6.45) is 5.01. The standard InChI is InChI=1S/C32H38FN3O4S/c1-23-12-11-19-29(24(23)2)36(41(3,39)40)22-31(37)35(21-26-15-7-10-18-28(26)33)30(20-25-13-5-4-6-14-25)32(38)34-27-16-8-9-17-27/h4-7,10-15,18-19,27,30H,8-9,16-17,20-22H2,1-3H3,(H,34,38)/t30-/m0/s1. The molecule has 3 aromatic rings. The molecule has 1 atom stereocenters. The third-order valence-corrected chi connectivity index (χ3v) is 8.92. The van der Waals surface area contributed by atoms with Gasteiger partial charge in [0.1, 0.15) is 18.4 Å². The molecular formula is C32H38FN3O4S. The van der Waals surface area contributed by atoms with Gasteiger partial charge in [0.25, 0.3) is 0 Å². The summed E-state index contributed by atoms with van der Waals surface area (Å²) in [7, 11) is -3.88. The van der Waals surface area contributed by atoms with Gasteiger partial charge in [0.15, 0.2) is 0 Å². The fourth-order valence-corrected chi connectivity index (χ4v) is 6.23. The van der Waals surface area contributed by atoms with Crippen molar-refractivity contribution in [3.63, 3.8) is 0 Å². The first-order valence-electron chi connectivity index (χ1n) is 14.0. The van der Waals surface area contributed by atoms with Crippen LogP contribution in [0.5, 0.6) is 0 Å². The lowest BCUT2D eigenvalue weighted by Crippen LogP contribution is -2.54. The maximum atomic E-state index is 14.9. The maximum Gasteiger partial charge on any atom is 0.244 e. The number of nitrogens with zero attached hydrogens (tertiary/aromatic N) is 2. The smallest absolute Gasteiger partial charge is 0.244 e. The van der Waals surface area contributed by atoms with Crippen LogP contribution in [0.25, 0.3) is 0 Å². The number of hydrogen-bond donors (Lipinski definition) is 1. The predicted octanol–water partition coefficient (Wildman–Crippen LogP) is 4.91. The second kappa shape index (κ2) is 13.3. The second-order valence-electron chi connectivity index (χ2n) is 10.8. The van der Waals surface area contributed by atoms with E-state index in [0.29, 0.717) is 5.69 Å². The minimum absolute atomic E-state index is 0.00801. The van der Waals surface area contributed by atoms with Crippen LogP contribution in [-0.2, 0) is 32.6 Å². The van der Waals surface area contributed by atoms with Gasteiger partial charge in [-0.25, -0.2) is 12.8 Å². The highest BCUT2D eigenvalue weighted by atomic mass is 32.2. The number of carbonyl (C=O) groups excluding carboxylic acids is 2. The van der Waals surface area contributed by atoms with Crippen LogP contribution in [0.15, 0.2) is 72.8 Å². The Bertz CT molecular complexity index is 1470. The van der Waals surface area contributed by atoms with Crippen LogP contribution in [0.2, 0.25) is 0 Å². The Hall–Kier alpha value is -3.72. The molecule has 0 aromatic heterocycles. The van der Waals surface area contributed by atoms with E-state index in [0.717, 1.165) is 52.9 Å². The molecule has 1 aliphatic carbocycles. The molecule has 0 heterocycles. The molecule has 1 N–H and O–H groups in total. The lowest BCUT2D eigenvalue weighted by Gasteiger charge is -2.34. The van der Waals surface area contributed by atoms with E-state index >= 15 is 0 Å². The van der Waals surface area contributed by atoms with Crippen LogP contribution in [0.3, 0.4) is 0 Å². The fraction of sp³-hybridized carbons (Fsp3) is 0.375. The summed E-state index contributed by atoms with van der Waals surface area (Å²) >= 11 is 0. The molecule has 0 aliphatic heterocycles. The number of rotatable bonds is 11. The van der Waals surface area contributed by atoms with Gasteiger partial charge in [-0.3, -0.25) is 13.9 Å². The van der Waals surface area contributed by atoms with E-state index in [2.05, 4.69) is 5.32 Å². The number of hydrogen-bond acceptors (Lipinski definition) is 4. The van der Waals surface area contributed by atoms with E-state index in [1.165, 1.54) is 11.0 Å². The maximum absolute atomic E-state index is 14.9. The van der Waals surface area contributed by atoms with Crippen molar-refractivity contribution < 1.29 is 22.4 Å². The van der Waals surface area contributed by atoms with Gasteiger partial charge in [0.05, 0.1) is 11.9 Å². The zero-order valence-corrected chi connectivity index (χ0v) is 24.7. The average Bonchev–Trinajstić information content (AvgIpc) is 3.45. The Labute approximate surface area is 242 Å².